The average molecular weight is 236 g/mol. The van der Waals surface area contributed by atoms with Crippen LogP contribution in [0.5, 0.6) is 0 Å². The summed E-state index contributed by atoms with van der Waals surface area (Å²) in [7, 11) is 0. The molecule has 0 saturated heterocycles. The lowest BCUT2D eigenvalue weighted by Gasteiger charge is -2.11. The maximum Gasteiger partial charge on any atom is 0.150 e. The van der Waals surface area contributed by atoms with E-state index in [0.717, 1.165) is 34.8 Å². The molecule has 88 valence electrons. The first-order valence-corrected chi connectivity index (χ1v) is 5.98. The number of hydrogen-bond acceptors (Lipinski definition) is 2. The molecule has 0 amide bonds. The van der Waals surface area contributed by atoms with Gasteiger partial charge < -0.3 is 4.79 Å². The van der Waals surface area contributed by atoms with Crippen molar-refractivity contribution < 1.29 is 9.59 Å². The average Bonchev–Trinajstić information content (AvgIpc) is 2.74. The van der Waals surface area contributed by atoms with Crippen molar-refractivity contribution in [2.24, 2.45) is 0 Å². The molecule has 0 aliphatic heterocycles. The minimum atomic E-state index is 0.0232. The number of rotatable bonds is 3. The summed E-state index contributed by atoms with van der Waals surface area (Å²) < 4.78 is 0. The minimum absolute atomic E-state index is 0.0232. The van der Waals surface area contributed by atoms with Gasteiger partial charge in [-0.15, -0.1) is 0 Å². The third-order valence-corrected chi connectivity index (χ3v) is 3.57. The molecule has 2 aromatic carbocycles. The van der Waals surface area contributed by atoms with E-state index < -0.39 is 0 Å². The third kappa shape index (κ3) is 1.42. The van der Waals surface area contributed by atoms with E-state index >= 15 is 0 Å². The van der Waals surface area contributed by atoms with Gasteiger partial charge in [0.2, 0.25) is 0 Å². The first-order valence-electron chi connectivity index (χ1n) is 5.98. The Morgan fingerprint density at radius 1 is 0.944 bits per heavy atom. The van der Waals surface area contributed by atoms with Gasteiger partial charge in [0.15, 0.2) is 0 Å². The fourth-order valence-corrected chi connectivity index (χ4v) is 2.85. The van der Waals surface area contributed by atoms with E-state index in [1.807, 2.05) is 42.5 Å². The molecule has 2 nitrogen and oxygen atoms in total. The summed E-state index contributed by atoms with van der Waals surface area (Å²) in [5.74, 6) is 0.0232. The summed E-state index contributed by atoms with van der Waals surface area (Å²) in [5, 5.41) is 0. The fourth-order valence-electron chi connectivity index (χ4n) is 2.85. The summed E-state index contributed by atoms with van der Waals surface area (Å²) in [6.45, 7) is 0. The SMILES string of the molecule is O=CCC1c2ccccc2-c2cccc(C=O)c21. The highest BCUT2D eigenvalue weighted by Crippen LogP contribution is 2.46. The van der Waals surface area contributed by atoms with E-state index in [4.69, 9.17) is 0 Å². The summed E-state index contributed by atoms with van der Waals surface area (Å²) in [6.07, 6.45) is 2.23. The lowest BCUT2D eigenvalue weighted by molar-refractivity contribution is -0.108. The monoisotopic (exact) mass is 236 g/mol. The second-order valence-corrected chi connectivity index (χ2v) is 4.47. The Balaban J connectivity index is 2.31. The van der Waals surface area contributed by atoms with Crippen LogP contribution in [0.25, 0.3) is 11.1 Å². The highest BCUT2D eigenvalue weighted by Gasteiger charge is 2.29. The molecule has 0 bridgehead atoms. The van der Waals surface area contributed by atoms with Gasteiger partial charge in [-0.05, 0) is 22.3 Å². The van der Waals surface area contributed by atoms with Gasteiger partial charge in [0.1, 0.15) is 12.6 Å². The zero-order valence-corrected chi connectivity index (χ0v) is 9.80. The van der Waals surface area contributed by atoms with Gasteiger partial charge in [0.05, 0.1) is 0 Å². The minimum Gasteiger partial charge on any atom is -0.303 e. The molecule has 0 radical (unpaired) electrons. The standard InChI is InChI=1S/C16H12O2/c17-9-8-15-13-6-2-1-5-12(13)14-7-3-4-11(10-18)16(14)15/h1-7,9-10,15H,8H2. The normalized spacial score (nSPS) is 15.9. The van der Waals surface area contributed by atoms with Gasteiger partial charge in [0, 0.05) is 17.9 Å². The number of aldehydes is 2. The van der Waals surface area contributed by atoms with Gasteiger partial charge in [-0.25, -0.2) is 0 Å². The summed E-state index contributed by atoms with van der Waals surface area (Å²) in [4.78, 5) is 22.1. The Morgan fingerprint density at radius 2 is 1.72 bits per heavy atom. The van der Waals surface area contributed by atoms with Crippen molar-refractivity contribution in [1.82, 2.24) is 0 Å². The Labute approximate surface area is 105 Å². The van der Waals surface area contributed by atoms with Gasteiger partial charge in [0.25, 0.3) is 0 Å². The third-order valence-electron chi connectivity index (χ3n) is 3.57. The molecule has 0 saturated carbocycles. The van der Waals surface area contributed by atoms with E-state index in [2.05, 4.69) is 0 Å². The molecule has 1 aliphatic carbocycles. The summed E-state index contributed by atoms with van der Waals surface area (Å²) in [5.41, 5.74) is 5.07. The van der Waals surface area contributed by atoms with Crippen molar-refractivity contribution in [3.8, 4) is 11.1 Å². The topological polar surface area (TPSA) is 34.1 Å². The second-order valence-electron chi connectivity index (χ2n) is 4.47. The summed E-state index contributed by atoms with van der Waals surface area (Å²) in [6, 6.07) is 13.8. The lowest BCUT2D eigenvalue weighted by atomic mass is 9.91. The van der Waals surface area contributed by atoms with Crippen LogP contribution in [-0.4, -0.2) is 12.6 Å². The quantitative estimate of drug-likeness (QED) is 0.767. The molecular weight excluding hydrogens is 224 g/mol. The molecule has 2 heteroatoms. The highest BCUT2D eigenvalue weighted by atomic mass is 16.1. The van der Waals surface area contributed by atoms with Crippen molar-refractivity contribution in [3.05, 3.63) is 59.2 Å². The van der Waals surface area contributed by atoms with Crippen LogP contribution in [0.1, 0.15) is 33.8 Å². The van der Waals surface area contributed by atoms with E-state index in [1.54, 1.807) is 0 Å². The predicted octanol–water partition coefficient (Wildman–Crippen LogP) is 3.20. The van der Waals surface area contributed by atoms with Gasteiger partial charge in [-0.2, -0.15) is 0 Å². The predicted molar refractivity (Wildman–Crippen MR) is 69.8 cm³/mol. The Kier molecular flexibility index (Phi) is 2.56. The van der Waals surface area contributed by atoms with Crippen LogP contribution in [0.15, 0.2) is 42.5 Å². The molecule has 0 spiro atoms. The number of carbonyl (C=O) groups excluding carboxylic acids is 2. The molecule has 1 aliphatic rings. The molecule has 0 aromatic heterocycles. The summed E-state index contributed by atoms with van der Waals surface area (Å²) >= 11 is 0. The van der Waals surface area contributed by atoms with Crippen molar-refractivity contribution >= 4 is 12.6 Å². The number of fused-ring (bicyclic) bond motifs is 3. The van der Waals surface area contributed by atoms with E-state index in [9.17, 15) is 9.59 Å². The van der Waals surface area contributed by atoms with Crippen LogP contribution in [0, 0.1) is 0 Å². The van der Waals surface area contributed by atoms with Crippen LogP contribution >= 0.6 is 0 Å². The van der Waals surface area contributed by atoms with Crippen LogP contribution < -0.4 is 0 Å². The molecule has 1 unspecified atom stereocenters. The zero-order chi connectivity index (χ0) is 12.5. The van der Waals surface area contributed by atoms with Crippen LogP contribution in [0.3, 0.4) is 0 Å². The number of hydrogen-bond donors (Lipinski definition) is 0. The van der Waals surface area contributed by atoms with Crippen molar-refractivity contribution in [1.29, 1.82) is 0 Å². The maximum absolute atomic E-state index is 11.2. The first kappa shape index (κ1) is 10.9. The van der Waals surface area contributed by atoms with E-state index in [0.29, 0.717) is 12.0 Å². The van der Waals surface area contributed by atoms with Gasteiger partial charge in [-0.3, -0.25) is 4.79 Å². The van der Waals surface area contributed by atoms with Crippen molar-refractivity contribution in [2.75, 3.05) is 0 Å². The Bertz CT molecular complexity index is 629. The molecule has 0 heterocycles. The molecule has 0 N–H and O–H groups in total. The van der Waals surface area contributed by atoms with Crippen molar-refractivity contribution in [3.63, 3.8) is 0 Å². The van der Waals surface area contributed by atoms with Crippen LogP contribution in [0.2, 0.25) is 0 Å². The second kappa shape index (κ2) is 4.22. The van der Waals surface area contributed by atoms with Crippen LogP contribution in [-0.2, 0) is 4.79 Å². The highest BCUT2D eigenvalue weighted by molar-refractivity contribution is 5.89. The molecular formula is C16H12O2. The zero-order valence-electron chi connectivity index (χ0n) is 9.80. The molecule has 0 fully saturated rings. The smallest absolute Gasteiger partial charge is 0.150 e. The number of carbonyl (C=O) groups is 2. The Morgan fingerprint density at radius 3 is 2.50 bits per heavy atom. The van der Waals surface area contributed by atoms with Gasteiger partial charge in [-0.1, -0.05) is 42.5 Å². The van der Waals surface area contributed by atoms with Crippen LogP contribution in [0.4, 0.5) is 0 Å². The molecule has 3 rings (SSSR count). The largest absolute Gasteiger partial charge is 0.303 e. The number of benzene rings is 2. The van der Waals surface area contributed by atoms with Crippen molar-refractivity contribution in [2.45, 2.75) is 12.3 Å². The van der Waals surface area contributed by atoms with E-state index in [-0.39, 0.29) is 5.92 Å². The Hall–Kier alpha value is -2.22. The molecule has 2 aromatic rings. The fraction of sp³-hybridized carbons (Fsp3) is 0.125. The first-order chi connectivity index (χ1) is 8.86. The molecule has 18 heavy (non-hydrogen) atoms. The lowest BCUT2D eigenvalue weighted by Crippen LogP contribution is -2.01. The molecule has 1 atom stereocenters. The van der Waals surface area contributed by atoms with E-state index in [1.165, 1.54) is 0 Å². The van der Waals surface area contributed by atoms with Gasteiger partial charge >= 0.3 is 0 Å². The maximum atomic E-state index is 11.2.